The summed E-state index contributed by atoms with van der Waals surface area (Å²) in [7, 11) is 0. The van der Waals surface area contributed by atoms with E-state index in [0.717, 1.165) is 23.9 Å². The Bertz CT molecular complexity index is 481. The highest BCUT2D eigenvalue weighted by Gasteiger charge is 2.31. The third-order valence-electron chi connectivity index (χ3n) is 3.74. The SMILES string of the molecule is CC(c1cc(Br)ccc1F)N1CCCC1CC(=O)O. The number of halogens is 2. The third kappa shape index (κ3) is 3.34. The number of nitrogens with zero attached hydrogens (tertiary/aromatic N) is 1. The maximum absolute atomic E-state index is 13.9. The second kappa shape index (κ2) is 6.01. The van der Waals surface area contributed by atoms with Crippen molar-refractivity contribution in [3.8, 4) is 0 Å². The quantitative estimate of drug-likeness (QED) is 0.917. The number of hydrogen-bond donors (Lipinski definition) is 1. The molecule has 5 heteroatoms. The number of carboxylic acid groups (broad SMARTS) is 1. The lowest BCUT2D eigenvalue weighted by Gasteiger charge is -2.30. The summed E-state index contributed by atoms with van der Waals surface area (Å²) in [5.41, 5.74) is 0.617. The van der Waals surface area contributed by atoms with Crippen molar-refractivity contribution in [2.45, 2.75) is 38.3 Å². The van der Waals surface area contributed by atoms with E-state index in [-0.39, 0.29) is 24.3 Å². The van der Waals surface area contributed by atoms with Crippen molar-refractivity contribution in [3.63, 3.8) is 0 Å². The minimum atomic E-state index is -0.793. The van der Waals surface area contributed by atoms with Crippen molar-refractivity contribution in [1.29, 1.82) is 0 Å². The molecule has 0 radical (unpaired) electrons. The Labute approximate surface area is 120 Å². The Hall–Kier alpha value is -0.940. The second-order valence-corrected chi connectivity index (χ2v) is 5.89. The topological polar surface area (TPSA) is 40.5 Å². The van der Waals surface area contributed by atoms with Crippen molar-refractivity contribution >= 4 is 21.9 Å². The molecule has 0 amide bonds. The number of benzene rings is 1. The molecular formula is C14H17BrFNO2. The Morgan fingerprint density at radius 3 is 3.05 bits per heavy atom. The zero-order chi connectivity index (χ0) is 14.0. The summed E-state index contributed by atoms with van der Waals surface area (Å²) < 4.78 is 14.7. The van der Waals surface area contributed by atoms with Gasteiger partial charge in [-0.15, -0.1) is 0 Å². The molecule has 1 aromatic rings. The highest BCUT2D eigenvalue weighted by atomic mass is 79.9. The van der Waals surface area contributed by atoms with Crippen LogP contribution in [-0.2, 0) is 4.79 Å². The molecule has 0 aliphatic carbocycles. The number of carbonyl (C=O) groups is 1. The molecule has 104 valence electrons. The molecule has 2 atom stereocenters. The van der Waals surface area contributed by atoms with Crippen molar-refractivity contribution in [2.24, 2.45) is 0 Å². The smallest absolute Gasteiger partial charge is 0.304 e. The Morgan fingerprint density at radius 2 is 2.37 bits per heavy atom. The predicted molar refractivity (Wildman–Crippen MR) is 74.5 cm³/mol. The normalized spacial score (nSPS) is 21.5. The van der Waals surface area contributed by atoms with Crippen LogP contribution >= 0.6 is 15.9 Å². The molecule has 0 spiro atoms. The fourth-order valence-corrected chi connectivity index (χ4v) is 3.18. The van der Waals surface area contributed by atoms with E-state index in [4.69, 9.17) is 5.11 Å². The number of likely N-dealkylation sites (tertiary alicyclic amines) is 1. The molecule has 1 fully saturated rings. The Morgan fingerprint density at radius 1 is 1.63 bits per heavy atom. The first-order valence-electron chi connectivity index (χ1n) is 6.41. The molecule has 0 aromatic heterocycles. The molecule has 3 nitrogen and oxygen atoms in total. The van der Waals surface area contributed by atoms with Gasteiger partial charge in [0, 0.05) is 22.1 Å². The summed E-state index contributed by atoms with van der Waals surface area (Å²) in [6.45, 7) is 2.76. The average molecular weight is 330 g/mol. The van der Waals surface area contributed by atoms with E-state index >= 15 is 0 Å². The lowest BCUT2D eigenvalue weighted by molar-refractivity contribution is -0.138. The maximum Gasteiger partial charge on any atom is 0.304 e. The molecule has 0 saturated carbocycles. The minimum absolute atomic E-state index is 0.00545. The van der Waals surface area contributed by atoms with E-state index in [2.05, 4.69) is 20.8 Å². The van der Waals surface area contributed by atoms with Crippen LogP contribution in [0.25, 0.3) is 0 Å². The van der Waals surface area contributed by atoms with Gasteiger partial charge in [-0.3, -0.25) is 9.69 Å². The lowest BCUT2D eigenvalue weighted by Crippen LogP contribution is -2.34. The zero-order valence-electron chi connectivity index (χ0n) is 10.8. The van der Waals surface area contributed by atoms with Crippen molar-refractivity contribution in [1.82, 2.24) is 4.90 Å². The molecule has 2 rings (SSSR count). The van der Waals surface area contributed by atoms with Crippen LogP contribution in [0, 0.1) is 5.82 Å². The van der Waals surface area contributed by atoms with Crippen molar-refractivity contribution in [3.05, 3.63) is 34.1 Å². The fourth-order valence-electron chi connectivity index (χ4n) is 2.80. The van der Waals surface area contributed by atoms with Gasteiger partial charge in [-0.1, -0.05) is 15.9 Å². The van der Waals surface area contributed by atoms with Gasteiger partial charge in [-0.2, -0.15) is 0 Å². The molecular weight excluding hydrogens is 313 g/mol. The third-order valence-corrected chi connectivity index (χ3v) is 4.23. The van der Waals surface area contributed by atoms with E-state index in [1.165, 1.54) is 6.07 Å². The summed E-state index contributed by atoms with van der Waals surface area (Å²) in [6.07, 6.45) is 1.96. The standard InChI is InChI=1S/C14H17BrFNO2/c1-9(12-7-10(15)4-5-13(12)16)17-6-2-3-11(17)8-14(18)19/h4-5,7,9,11H,2-3,6,8H2,1H3,(H,18,19). The van der Waals surface area contributed by atoms with Gasteiger partial charge >= 0.3 is 5.97 Å². The monoisotopic (exact) mass is 329 g/mol. The number of hydrogen-bond acceptors (Lipinski definition) is 2. The van der Waals surface area contributed by atoms with Gasteiger partial charge in [0.1, 0.15) is 5.82 Å². The van der Waals surface area contributed by atoms with Gasteiger partial charge in [0.2, 0.25) is 0 Å². The first kappa shape index (κ1) is 14.5. The first-order valence-corrected chi connectivity index (χ1v) is 7.21. The van der Waals surface area contributed by atoms with Gasteiger partial charge in [0.05, 0.1) is 6.42 Å². The molecule has 2 unspecified atom stereocenters. The highest BCUT2D eigenvalue weighted by Crippen LogP contribution is 2.32. The van der Waals surface area contributed by atoms with E-state index in [1.807, 2.05) is 6.92 Å². The van der Waals surface area contributed by atoms with Gasteiger partial charge in [0.25, 0.3) is 0 Å². The second-order valence-electron chi connectivity index (χ2n) is 4.97. The average Bonchev–Trinajstić information content (AvgIpc) is 2.78. The number of rotatable bonds is 4. The van der Waals surface area contributed by atoms with Crippen LogP contribution in [-0.4, -0.2) is 28.6 Å². The Balaban J connectivity index is 2.20. The van der Waals surface area contributed by atoms with Crippen LogP contribution in [0.4, 0.5) is 4.39 Å². The zero-order valence-corrected chi connectivity index (χ0v) is 12.4. The van der Waals surface area contributed by atoms with Gasteiger partial charge in [-0.05, 0) is 44.5 Å². The number of carboxylic acids is 1. The van der Waals surface area contributed by atoms with Crippen LogP contribution in [0.15, 0.2) is 22.7 Å². The van der Waals surface area contributed by atoms with Crippen LogP contribution < -0.4 is 0 Å². The summed E-state index contributed by atoms with van der Waals surface area (Å²) >= 11 is 3.35. The van der Waals surface area contributed by atoms with Crippen molar-refractivity contribution < 1.29 is 14.3 Å². The highest BCUT2D eigenvalue weighted by molar-refractivity contribution is 9.10. The summed E-state index contributed by atoms with van der Waals surface area (Å²) in [6, 6.07) is 4.79. The molecule has 1 aromatic carbocycles. The van der Waals surface area contributed by atoms with Crippen molar-refractivity contribution in [2.75, 3.05) is 6.54 Å². The molecule has 1 saturated heterocycles. The molecule has 1 N–H and O–H groups in total. The maximum atomic E-state index is 13.9. The summed E-state index contributed by atoms with van der Waals surface area (Å²) in [5.74, 6) is -1.03. The summed E-state index contributed by atoms with van der Waals surface area (Å²) in [4.78, 5) is 13.0. The molecule has 19 heavy (non-hydrogen) atoms. The van der Waals surface area contributed by atoms with Gasteiger partial charge in [-0.25, -0.2) is 4.39 Å². The van der Waals surface area contributed by atoms with Crippen LogP contribution in [0.5, 0.6) is 0 Å². The van der Waals surface area contributed by atoms with Gasteiger partial charge < -0.3 is 5.11 Å². The molecule has 1 aliphatic rings. The largest absolute Gasteiger partial charge is 0.481 e. The van der Waals surface area contributed by atoms with Crippen LogP contribution in [0.2, 0.25) is 0 Å². The fraction of sp³-hybridized carbons (Fsp3) is 0.500. The lowest BCUT2D eigenvalue weighted by atomic mass is 10.0. The van der Waals surface area contributed by atoms with E-state index < -0.39 is 5.97 Å². The predicted octanol–water partition coefficient (Wildman–Crippen LogP) is 3.59. The molecule has 0 bridgehead atoms. The molecule has 1 heterocycles. The van der Waals surface area contributed by atoms with E-state index in [1.54, 1.807) is 12.1 Å². The van der Waals surface area contributed by atoms with Crippen LogP contribution in [0.1, 0.15) is 37.8 Å². The molecule has 1 aliphatic heterocycles. The number of aliphatic carboxylic acids is 1. The van der Waals surface area contributed by atoms with Crippen LogP contribution in [0.3, 0.4) is 0 Å². The van der Waals surface area contributed by atoms with Gasteiger partial charge in [0.15, 0.2) is 0 Å². The first-order chi connectivity index (χ1) is 8.99. The summed E-state index contributed by atoms with van der Waals surface area (Å²) in [5, 5.41) is 8.93. The van der Waals surface area contributed by atoms with E-state index in [9.17, 15) is 9.18 Å². The minimum Gasteiger partial charge on any atom is -0.481 e. The van der Waals surface area contributed by atoms with E-state index in [0.29, 0.717) is 5.56 Å². The Kier molecular flexibility index (Phi) is 4.58.